The number of likely N-dealkylation sites (tertiary alicyclic amines) is 1. The third-order valence-corrected chi connectivity index (χ3v) is 6.46. The Morgan fingerprint density at radius 3 is 2.76 bits per heavy atom. The first-order valence-corrected chi connectivity index (χ1v) is 11.7. The van der Waals surface area contributed by atoms with Crippen molar-refractivity contribution in [2.45, 2.75) is 24.9 Å². The maximum atomic E-state index is 12.4. The number of nitrogens with two attached hydrogens (primary N) is 1. The molecule has 3 heterocycles. The average molecular weight is 506 g/mol. The van der Waals surface area contributed by atoms with Crippen molar-refractivity contribution in [2.75, 3.05) is 33.2 Å². The van der Waals surface area contributed by atoms with Crippen LogP contribution in [0.2, 0.25) is 0 Å². The Balaban J connectivity index is 1.45. The summed E-state index contributed by atoms with van der Waals surface area (Å²) in [7, 11) is 4.25. The summed E-state index contributed by atoms with van der Waals surface area (Å²) in [6.45, 7) is 0.662. The van der Waals surface area contributed by atoms with Crippen molar-refractivity contribution in [1.29, 1.82) is 0 Å². The molecule has 192 valence electrons. The molecule has 12 heteroatoms. The zero-order valence-electron chi connectivity index (χ0n) is 20.7. The van der Waals surface area contributed by atoms with Gasteiger partial charge < -0.3 is 34.7 Å². The molecule has 1 saturated heterocycles. The topological polar surface area (TPSA) is 146 Å². The number of hydrogen-bond acceptors (Lipinski definition) is 10. The first kappa shape index (κ1) is 24.1. The van der Waals surface area contributed by atoms with E-state index < -0.39 is 12.0 Å². The number of imidazole rings is 1. The number of methoxy groups -OCH3 is 3. The van der Waals surface area contributed by atoms with Crippen LogP contribution < -0.4 is 20.5 Å². The standard InChI is InChI=1S/C25H27N7O5/c1-35-19-11-14(10-16(21(19)36-2)24(34)37-3)31-12-20(27-13-31)29-23-15-6-4-7-17(15)28-25(30-23)32-9-5-8-18(32)22(26)33/h4,6-7,10-13,17-18H,5,8-9H2,1-3H3,(H2,26,33)(H,28,29,30)/t17?,18-/m0/s1. The number of aliphatic imine (C=N–C) groups is 2. The Labute approximate surface area is 213 Å². The molecule has 1 amide bonds. The van der Waals surface area contributed by atoms with Crippen LogP contribution in [0.15, 0.2) is 58.4 Å². The highest BCUT2D eigenvalue weighted by Gasteiger charge is 2.35. The molecular formula is C25H27N7O5. The summed E-state index contributed by atoms with van der Waals surface area (Å²) in [6.07, 6.45) is 10.7. The zero-order valence-corrected chi connectivity index (χ0v) is 20.7. The minimum Gasteiger partial charge on any atom is -0.493 e. The summed E-state index contributed by atoms with van der Waals surface area (Å²) in [5.74, 6) is 1.30. The van der Waals surface area contributed by atoms with Crippen molar-refractivity contribution in [2.24, 2.45) is 15.7 Å². The minimum atomic E-state index is -0.554. The molecule has 1 unspecified atom stereocenters. The Bertz CT molecular complexity index is 1370. The molecule has 1 fully saturated rings. The molecule has 12 nitrogen and oxygen atoms in total. The molecule has 1 aromatic carbocycles. The van der Waals surface area contributed by atoms with Gasteiger partial charge in [-0.05, 0) is 18.9 Å². The summed E-state index contributed by atoms with van der Waals surface area (Å²) in [4.78, 5) is 40.1. The van der Waals surface area contributed by atoms with Crippen molar-refractivity contribution >= 4 is 29.5 Å². The number of nitrogens with zero attached hydrogens (tertiary/aromatic N) is 5. The van der Waals surface area contributed by atoms with Crippen LogP contribution in [0.4, 0.5) is 5.82 Å². The number of rotatable bonds is 6. The van der Waals surface area contributed by atoms with E-state index in [0.29, 0.717) is 42.0 Å². The van der Waals surface area contributed by atoms with Crippen molar-refractivity contribution in [3.05, 3.63) is 54.0 Å². The second-order valence-corrected chi connectivity index (χ2v) is 8.61. The van der Waals surface area contributed by atoms with Gasteiger partial charge in [-0.1, -0.05) is 18.2 Å². The second kappa shape index (κ2) is 9.80. The lowest BCUT2D eigenvalue weighted by atomic mass is 10.1. The van der Waals surface area contributed by atoms with Crippen molar-refractivity contribution in [3.8, 4) is 17.2 Å². The first-order valence-electron chi connectivity index (χ1n) is 11.7. The van der Waals surface area contributed by atoms with E-state index in [9.17, 15) is 9.59 Å². The lowest BCUT2D eigenvalue weighted by molar-refractivity contribution is -0.121. The molecule has 5 rings (SSSR count). The molecule has 1 aliphatic carbocycles. The third-order valence-electron chi connectivity index (χ3n) is 6.46. The van der Waals surface area contributed by atoms with E-state index in [1.165, 1.54) is 21.3 Å². The molecule has 2 aromatic rings. The van der Waals surface area contributed by atoms with E-state index in [1.807, 2.05) is 23.1 Å². The Morgan fingerprint density at radius 2 is 2.03 bits per heavy atom. The lowest BCUT2D eigenvalue weighted by Crippen LogP contribution is -2.45. The quantitative estimate of drug-likeness (QED) is 0.564. The normalized spacial score (nSPS) is 20.1. The predicted octanol–water partition coefficient (Wildman–Crippen LogP) is 1.67. The van der Waals surface area contributed by atoms with Crippen LogP contribution in [0.3, 0.4) is 0 Å². The molecule has 0 radical (unpaired) electrons. The number of anilines is 1. The number of allylic oxidation sites excluding steroid dienone is 2. The van der Waals surface area contributed by atoms with Crippen molar-refractivity contribution < 1.29 is 23.8 Å². The Hall–Kier alpha value is -4.61. The fourth-order valence-corrected chi connectivity index (χ4v) is 4.67. The number of amidine groups is 1. The summed E-state index contributed by atoms with van der Waals surface area (Å²) in [6, 6.07) is 2.74. The number of carbonyl (C=O) groups excluding carboxylic acids is 2. The van der Waals surface area contributed by atoms with Crippen LogP contribution in [-0.4, -0.2) is 78.1 Å². The number of benzene rings is 1. The van der Waals surface area contributed by atoms with Gasteiger partial charge in [0.2, 0.25) is 11.9 Å². The molecule has 0 saturated carbocycles. The van der Waals surface area contributed by atoms with E-state index in [-0.39, 0.29) is 23.3 Å². The number of ether oxygens (including phenoxy) is 3. The molecule has 1 aromatic heterocycles. The van der Waals surface area contributed by atoms with E-state index >= 15 is 0 Å². The molecular weight excluding hydrogens is 478 g/mol. The van der Waals surface area contributed by atoms with Gasteiger partial charge in [-0.2, -0.15) is 4.99 Å². The summed E-state index contributed by atoms with van der Waals surface area (Å²) < 4.78 is 17.4. The van der Waals surface area contributed by atoms with Gasteiger partial charge in [-0.15, -0.1) is 0 Å². The number of esters is 1. The highest BCUT2D eigenvalue weighted by Crippen LogP contribution is 2.35. The van der Waals surface area contributed by atoms with Crippen LogP contribution in [0.5, 0.6) is 11.5 Å². The van der Waals surface area contributed by atoms with Gasteiger partial charge in [-0.25, -0.2) is 14.8 Å². The molecule has 37 heavy (non-hydrogen) atoms. The molecule has 3 aliphatic rings. The molecule has 2 atom stereocenters. The number of nitrogens with one attached hydrogen (secondary N) is 1. The van der Waals surface area contributed by atoms with Crippen molar-refractivity contribution in [1.82, 2.24) is 14.5 Å². The number of primary amides is 1. The van der Waals surface area contributed by atoms with E-state index in [2.05, 4.69) is 10.3 Å². The number of fused-ring (bicyclic) bond motifs is 1. The van der Waals surface area contributed by atoms with Gasteiger partial charge in [0.25, 0.3) is 0 Å². The van der Waals surface area contributed by atoms with Gasteiger partial charge in [0.05, 0.1) is 33.2 Å². The monoisotopic (exact) mass is 505 g/mol. The SMILES string of the molecule is COC(=O)c1cc(-n2cnc(NC3=NC(N4CCC[C@H]4C(N)=O)=NC4C=CC=C34)c2)cc(OC)c1OC. The molecule has 2 aliphatic heterocycles. The molecule has 3 N–H and O–H groups in total. The Kier molecular flexibility index (Phi) is 6.38. The smallest absolute Gasteiger partial charge is 0.341 e. The third kappa shape index (κ3) is 4.41. The molecule has 0 spiro atoms. The van der Waals surface area contributed by atoms with Gasteiger partial charge >= 0.3 is 5.97 Å². The van der Waals surface area contributed by atoms with E-state index in [1.54, 1.807) is 29.2 Å². The van der Waals surface area contributed by atoms with E-state index in [4.69, 9.17) is 29.9 Å². The summed E-state index contributed by atoms with van der Waals surface area (Å²) in [5, 5.41) is 3.28. The van der Waals surface area contributed by atoms with Gasteiger partial charge in [-0.3, -0.25) is 4.79 Å². The molecule has 0 bridgehead atoms. The highest BCUT2D eigenvalue weighted by atomic mass is 16.5. The van der Waals surface area contributed by atoms with Crippen LogP contribution >= 0.6 is 0 Å². The van der Waals surface area contributed by atoms with Crippen LogP contribution in [0, 0.1) is 0 Å². The van der Waals surface area contributed by atoms with E-state index in [0.717, 1.165) is 12.0 Å². The zero-order chi connectivity index (χ0) is 26.1. The second-order valence-electron chi connectivity index (χ2n) is 8.61. The largest absolute Gasteiger partial charge is 0.493 e. The number of carbonyl (C=O) groups is 2. The fourth-order valence-electron chi connectivity index (χ4n) is 4.67. The first-order chi connectivity index (χ1) is 17.9. The van der Waals surface area contributed by atoms with Gasteiger partial charge in [0.1, 0.15) is 35.6 Å². The summed E-state index contributed by atoms with van der Waals surface area (Å²) >= 11 is 0. The van der Waals surface area contributed by atoms with Crippen LogP contribution in [-0.2, 0) is 9.53 Å². The number of aromatic nitrogens is 2. The highest BCUT2D eigenvalue weighted by molar-refractivity contribution is 6.16. The van der Waals surface area contributed by atoms with Crippen molar-refractivity contribution in [3.63, 3.8) is 0 Å². The number of guanidine groups is 1. The number of hydrogen-bond donors (Lipinski definition) is 2. The average Bonchev–Trinajstić information content (AvgIpc) is 3.68. The van der Waals surface area contributed by atoms with Gasteiger partial charge in [0.15, 0.2) is 11.5 Å². The fraction of sp³-hybridized carbons (Fsp3) is 0.320. The maximum absolute atomic E-state index is 12.4. The van der Waals surface area contributed by atoms with Crippen LogP contribution in [0.25, 0.3) is 5.69 Å². The number of amides is 1. The Morgan fingerprint density at radius 1 is 1.19 bits per heavy atom. The minimum absolute atomic E-state index is 0.209. The summed E-state index contributed by atoms with van der Waals surface area (Å²) in [5.41, 5.74) is 7.35. The predicted molar refractivity (Wildman–Crippen MR) is 136 cm³/mol. The van der Waals surface area contributed by atoms with Gasteiger partial charge in [0, 0.05) is 18.2 Å². The maximum Gasteiger partial charge on any atom is 0.341 e. The lowest BCUT2D eigenvalue weighted by Gasteiger charge is -2.28. The van der Waals surface area contributed by atoms with Crippen LogP contribution in [0.1, 0.15) is 23.2 Å².